The molecule has 3 N–H and O–H groups in total. The molecule has 3 heterocycles. The summed E-state index contributed by atoms with van der Waals surface area (Å²) in [4.78, 5) is 46.8. The van der Waals surface area contributed by atoms with Crippen LogP contribution < -0.4 is 45.7 Å². The molecule has 29 heavy (non-hydrogen) atoms. The number of carboxylic acids is 1. The van der Waals surface area contributed by atoms with Gasteiger partial charge in [-0.3, -0.25) is 9.59 Å². The van der Waals surface area contributed by atoms with Crippen molar-refractivity contribution < 1.29 is 58.6 Å². The standard InChI is InChI=1S/C15H19N5O6S2.Na/c1-25-5-15(13(23)24)4-20-11(22)9(12(20)28-6-15)18-10(21)8(19-26-2)7-3-27-14(16)17-7;/h3,9,12H,4-6H2,1-2H3,(H2,16,17)(H,18,21)(H,23,24);/q;+1/p-1/t9?,12-,15?;/m1./s1. The average molecular weight is 451 g/mol. The number of carbonyl (C=O) groups excluding carboxylic acids is 3. The number of nitrogens with one attached hydrogen (secondary N) is 1. The summed E-state index contributed by atoms with van der Waals surface area (Å²) in [6.07, 6.45) is 0. The molecular formula is C15H18N5NaO6S2. The quantitative estimate of drug-likeness (QED) is 0.179. The van der Waals surface area contributed by atoms with E-state index in [-0.39, 0.29) is 76.3 Å². The summed E-state index contributed by atoms with van der Waals surface area (Å²) in [5, 5.41) is 19.3. The molecule has 0 aromatic carbocycles. The first kappa shape index (κ1) is 23.9. The Labute approximate surface area is 196 Å². The number of aliphatic carboxylic acids is 1. The second-order valence-electron chi connectivity index (χ2n) is 6.31. The van der Waals surface area contributed by atoms with Crippen LogP contribution >= 0.6 is 23.1 Å². The van der Waals surface area contributed by atoms with Gasteiger partial charge in [-0.25, -0.2) is 4.98 Å². The summed E-state index contributed by atoms with van der Waals surface area (Å²) in [6, 6.07) is -0.808. The Kier molecular flexibility index (Phi) is 7.93. The minimum absolute atomic E-state index is 0. The van der Waals surface area contributed by atoms with Crippen LogP contribution in [-0.4, -0.2) is 77.9 Å². The van der Waals surface area contributed by atoms with E-state index in [0.717, 1.165) is 11.3 Å². The smallest absolute Gasteiger partial charge is 0.549 e. The summed E-state index contributed by atoms with van der Waals surface area (Å²) in [5.74, 6) is -2.09. The fourth-order valence-corrected chi connectivity index (χ4v) is 5.14. The summed E-state index contributed by atoms with van der Waals surface area (Å²) in [7, 11) is 2.68. The fraction of sp³-hybridized carbons (Fsp3) is 0.533. The van der Waals surface area contributed by atoms with Gasteiger partial charge in [0.1, 0.15) is 24.2 Å². The maximum absolute atomic E-state index is 12.6. The van der Waals surface area contributed by atoms with E-state index in [4.69, 9.17) is 15.3 Å². The van der Waals surface area contributed by atoms with Crippen LogP contribution in [0.1, 0.15) is 5.69 Å². The third-order valence-electron chi connectivity index (χ3n) is 4.45. The molecule has 2 aliphatic rings. The van der Waals surface area contributed by atoms with Gasteiger partial charge in [-0.1, -0.05) is 5.16 Å². The van der Waals surface area contributed by atoms with E-state index in [1.807, 2.05) is 0 Å². The van der Waals surface area contributed by atoms with Crippen molar-refractivity contribution in [1.29, 1.82) is 0 Å². The molecule has 0 saturated carbocycles. The first-order valence-corrected chi connectivity index (χ1v) is 10.0. The Hall–Kier alpha value is -1.38. The molecule has 0 radical (unpaired) electrons. The number of hydrogen-bond donors (Lipinski definition) is 2. The van der Waals surface area contributed by atoms with Crippen molar-refractivity contribution in [3.8, 4) is 0 Å². The minimum Gasteiger partial charge on any atom is -0.549 e. The van der Waals surface area contributed by atoms with Gasteiger partial charge in [0, 0.05) is 24.8 Å². The van der Waals surface area contributed by atoms with Crippen LogP contribution in [0.2, 0.25) is 0 Å². The summed E-state index contributed by atoms with van der Waals surface area (Å²) < 4.78 is 5.00. The van der Waals surface area contributed by atoms with E-state index in [2.05, 4.69) is 15.5 Å². The maximum atomic E-state index is 12.6. The normalized spacial score (nSPS) is 26.1. The number of oxime groups is 1. The van der Waals surface area contributed by atoms with Crippen LogP contribution in [-0.2, 0) is 24.0 Å². The number of thioether (sulfide) groups is 1. The molecular weight excluding hydrogens is 433 g/mol. The van der Waals surface area contributed by atoms with Crippen molar-refractivity contribution >= 4 is 51.7 Å². The van der Waals surface area contributed by atoms with Crippen molar-refractivity contribution in [3.63, 3.8) is 0 Å². The number of nitrogens with two attached hydrogens (primary N) is 1. The zero-order chi connectivity index (χ0) is 20.5. The number of fused-ring (bicyclic) bond motifs is 1. The molecule has 0 bridgehead atoms. The van der Waals surface area contributed by atoms with Gasteiger partial charge < -0.3 is 35.4 Å². The number of carboxylic acid groups (broad SMARTS) is 1. The van der Waals surface area contributed by atoms with Gasteiger partial charge >= 0.3 is 29.6 Å². The number of hydrogen-bond acceptors (Lipinski definition) is 11. The number of thiazole rings is 1. The third kappa shape index (κ3) is 4.54. The molecule has 2 unspecified atom stereocenters. The van der Waals surface area contributed by atoms with Crippen molar-refractivity contribution in [1.82, 2.24) is 15.2 Å². The Bertz CT molecular complexity index is 836. The number of rotatable bonds is 7. The zero-order valence-electron chi connectivity index (χ0n) is 16.0. The first-order chi connectivity index (χ1) is 13.3. The summed E-state index contributed by atoms with van der Waals surface area (Å²) >= 11 is 2.39. The zero-order valence-corrected chi connectivity index (χ0v) is 19.7. The van der Waals surface area contributed by atoms with E-state index in [1.165, 1.54) is 30.9 Å². The van der Waals surface area contributed by atoms with Crippen LogP contribution in [0, 0.1) is 5.41 Å². The Morgan fingerprint density at radius 3 is 2.79 bits per heavy atom. The predicted octanol–water partition coefficient (Wildman–Crippen LogP) is -5.14. The molecule has 0 aliphatic carbocycles. The van der Waals surface area contributed by atoms with Crippen molar-refractivity contribution in [2.24, 2.45) is 10.6 Å². The molecule has 2 saturated heterocycles. The molecule has 3 rings (SSSR count). The first-order valence-electron chi connectivity index (χ1n) is 8.09. The van der Waals surface area contributed by atoms with Crippen LogP contribution in [0.5, 0.6) is 0 Å². The number of ether oxygens (including phenoxy) is 1. The Morgan fingerprint density at radius 1 is 1.52 bits per heavy atom. The van der Waals surface area contributed by atoms with Crippen molar-refractivity contribution in [2.75, 3.05) is 38.9 Å². The number of methoxy groups -OCH3 is 1. The van der Waals surface area contributed by atoms with E-state index in [0.29, 0.717) is 0 Å². The number of amides is 2. The van der Waals surface area contributed by atoms with Gasteiger partial charge in [-0.2, -0.15) is 0 Å². The summed E-state index contributed by atoms with van der Waals surface area (Å²) in [6.45, 7) is -0.0978. The van der Waals surface area contributed by atoms with Gasteiger partial charge in [0.05, 0.1) is 18.0 Å². The Morgan fingerprint density at radius 2 is 2.24 bits per heavy atom. The predicted molar refractivity (Wildman–Crippen MR) is 99.3 cm³/mol. The summed E-state index contributed by atoms with van der Waals surface area (Å²) in [5.41, 5.74) is 4.44. The Balaban J connectivity index is 0.00000300. The molecule has 1 aromatic rings. The number of nitrogen functional groups attached to an aromatic ring is 1. The van der Waals surface area contributed by atoms with Gasteiger partial charge in [0.2, 0.25) is 5.91 Å². The molecule has 14 heteroatoms. The monoisotopic (exact) mass is 451 g/mol. The number of carbonyl (C=O) groups is 3. The van der Waals surface area contributed by atoms with Crippen LogP contribution in [0.25, 0.3) is 0 Å². The largest absolute Gasteiger partial charge is 1.00 e. The van der Waals surface area contributed by atoms with Gasteiger partial charge in [-0.05, 0) is 0 Å². The van der Waals surface area contributed by atoms with Crippen LogP contribution in [0.3, 0.4) is 0 Å². The molecule has 2 aliphatic heterocycles. The molecule has 11 nitrogen and oxygen atoms in total. The second-order valence-corrected chi connectivity index (χ2v) is 8.31. The third-order valence-corrected chi connectivity index (χ3v) is 6.71. The van der Waals surface area contributed by atoms with Gasteiger partial charge in [0.15, 0.2) is 10.8 Å². The number of nitrogens with zero attached hydrogens (tertiary/aromatic N) is 3. The molecule has 2 amide bonds. The molecule has 0 spiro atoms. The molecule has 2 fully saturated rings. The van der Waals surface area contributed by atoms with E-state index in [1.54, 1.807) is 5.38 Å². The average Bonchev–Trinajstić information content (AvgIpc) is 3.09. The second kappa shape index (κ2) is 9.62. The number of anilines is 1. The topological polar surface area (TPSA) is 159 Å². The molecule has 152 valence electrons. The van der Waals surface area contributed by atoms with Crippen molar-refractivity contribution in [3.05, 3.63) is 11.1 Å². The van der Waals surface area contributed by atoms with E-state index < -0.39 is 23.3 Å². The van der Waals surface area contributed by atoms with E-state index in [9.17, 15) is 19.5 Å². The SMILES string of the molecule is COCC1(C(=O)[O-])CS[C@@H]2C(NC(=O)C(=NOC)c3csc(N)n3)C(=O)N2C1.[Na+]. The van der Waals surface area contributed by atoms with E-state index >= 15 is 0 Å². The number of aromatic nitrogens is 1. The molecule has 3 atom stereocenters. The van der Waals surface area contributed by atoms with Gasteiger partial charge in [0.25, 0.3) is 5.91 Å². The van der Waals surface area contributed by atoms with Crippen LogP contribution in [0.15, 0.2) is 10.5 Å². The molecule has 1 aromatic heterocycles. The number of β-lactam (4-membered cyclic amide) rings is 1. The van der Waals surface area contributed by atoms with Gasteiger partial charge in [-0.15, -0.1) is 23.1 Å². The fourth-order valence-electron chi connectivity index (χ4n) is 3.08. The maximum Gasteiger partial charge on any atom is 1.00 e. The van der Waals surface area contributed by atoms with Crippen LogP contribution in [0.4, 0.5) is 5.13 Å². The van der Waals surface area contributed by atoms with Crippen molar-refractivity contribution in [2.45, 2.75) is 11.4 Å². The minimum atomic E-state index is -1.28.